The van der Waals surface area contributed by atoms with Crippen molar-refractivity contribution in [2.75, 3.05) is 6.61 Å². The van der Waals surface area contributed by atoms with E-state index in [1.54, 1.807) is 38.3 Å². The van der Waals surface area contributed by atoms with Crippen molar-refractivity contribution in [3.63, 3.8) is 0 Å². The van der Waals surface area contributed by atoms with Crippen LogP contribution in [0.5, 0.6) is 5.75 Å². The molecule has 2 heterocycles. The van der Waals surface area contributed by atoms with Crippen LogP contribution in [0, 0.1) is 0 Å². The number of nitrogens with two attached hydrogens (primary N) is 1. The van der Waals surface area contributed by atoms with Gasteiger partial charge < -0.3 is 45.4 Å². The van der Waals surface area contributed by atoms with Crippen molar-refractivity contribution < 1.29 is 43.9 Å². The number of furan rings is 1. The van der Waals surface area contributed by atoms with Crippen molar-refractivity contribution in [3.05, 3.63) is 65.4 Å². The Kier molecular flexibility index (Phi) is 9.12. The zero-order chi connectivity index (χ0) is 29.0. The Morgan fingerprint density at radius 3 is 2.30 bits per heavy atom. The monoisotopic (exact) mass is 556 g/mol. The number of nitrogens with one attached hydrogen (secondary N) is 1. The van der Waals surface area contributed by atoms with Crippen LogP contribution in [0.1, 0.15) is 37.0 Å². The molecule has 5 atom stereocenters. The maximum atomic E-state index is 12.2. The summed E-state index contributed by atoms with van der Waals surface area (Å²) in [5.74, 6) is -0.469. The lowest BCUT2D eigenvalue weighted by Crippen LogP contribution is -2.60. The number of ether oxygens (including phenoxy) is 2. The minimum atomic E-state index is -1.54. The second kappa shape index (κ2) is 12.4. The van der Waals surface area contributed by atoms with E-state index in [4.69, 9.17) is 19.6 Å². The maximum absolute atomic E-state index is 12.2. The van der Waals surface area contributed by atoms with Crippen LogP contribution in [0.25, 0.3) is 11.0 Å². The predicted octanol–water partition coefficient (Wildman–Crippen LogP) is 0.709. The predicted molar refractivity (Wildman–Crippen MR) is 144 cm³/mol. The van der Waals surface area contributed by atoms with Gasteiger partial charge in [-0.15, -0.1) is 0 Å². The zero-order valence-electron chi connectivity index (χ0n) is 22.4. The first kappa shape index (κ1) is 29.5. The van der Waals surface area contributed by atoms with Crippen molar-refractivity contribution in [2.45, 2.75) is 75.8 Å². The Labute approximate surface area is 231 Å². The van der Waals surface area contributed by atoms with Crippen molar-refractivity contribution in [1.82, 2.24) is 5.32 Å². The maximum Gasteiger partial charge on any atom is 0.242 e. The molecule has 1 saturated heterocycles. The number of amides is 2. The fraction of sp³-hybridized carbons (Fsp3) is 0.448. The lowest BCUT2D eigenvalue weighted by atomic mass is 9.99. The minimum Gasteiger partial charge on any atom is -0.464 e. The van der Waals surface area contributed by atoms with E-state index < -0.39 is 48.8 Å². The van der Waals surface area contributed by atoms with Crippen LogP contribution in [0.3, 0.4) is 0 Å². The van der Waals surface area contributed by atoms with Crippen LogP contribution in [-0.2, 0) is 33.6 Å². The SMILES string of the molecule is CC(C)(NC(=O)CCc1ccc(CCc2coc3cccc(O[C@@H]4O[C@H](CO)[C@@H](O)[C@H](O)[C@H]4O)c23)cc1)C(N)=O. The van der Waals surface area contributed by atoms with Gasteiger partial charge in [0, 0.05) is 12.0 Å². The van der Waals surface area contributed by atoms with E-state index >= 15 is 0 Å². The van der Waals surface area contributed by atoms with Crippen LogP contribution in [0.4, 0.5) is 0 Å². The number of benzene rings is 2. The molecule has 2 amide bonds. The second-order valence-corrected chi connectivity index (χ2v) is 10.6. The Hall–Kier alpha value is -3.48. The fourth-order valence-electron chi connectivity index (χ4n) is 4.57. The standard InChI is InChI=1S/C29H36N2O9/c1-29(2,28(30)37)31-22(33)13-11-17-8-6-16(7-9-17)10-12-18-15-38-19-4-3-5-20(23(18)19)39-27-26(36)25(35)24(34)21(14-32)40-27/h3-9,15,21,24-27,32,34-36H,10-14H2,1-2H3,(H2,30,37)(H,31,33)/t21-,24-,25+,26-,27-/m1/s1. The Bertz CT molecular complexity index is 1320. The molecule has 11 nitrogen and oxygen atoms in total. The summed E-state index contributed by atoms with van der Waals surface area (Å²) >= 11 is 0. The number of fused-ring (bicyclic) bond motifs is 1. The normalized spacial score (nSPS) is 23.2. The average molecular weight is 557 g/mol. The highest BCUT2D eigenvalue weighted by Crippen LogP contribution is 2.34. The number of primary amides is 1. The number of carbonyl (C=O) groups excluding carboxylic acids is 2. The summed E-state index contributed by atoms with van der Waals surface area (Å²) in [4.78, 5) is 23.6. The van der Waals surface area contributed by atoms with Gasteiger partial charge >= 0.3 is 0 Å². The number of aliphatic hydroxyl groups excluding tert-OH is 4. The summed E-state index contributed by atoms with van der Waals surface area (Å²) in [5, 5.41) is 43.3. The molecular formula is C29H36N2O9. The largest absolute Gasteiger partial charge is 0.464 e. The molecule has 1 aliphatic heterocycles. The van der Waals surface area contributed by atoms with Crippen molar-refractivity contribution >= 4 is 22.8 Å². The van der Waals surface area contributed by atoms with Crippen molar-refractivity contribution in [3.8, 4) is 5.75 Å². The van der Waals surface area contributed by atoms with Crippen LogP contribution in [0.2, 0.25) is 0 Å². The summed E-state index contributed by atoms with van der Waals surface area (Å²) in [6, 6.07) is 13.1. The molecule has 0 spiro atoms. The number of hydrogen-bond acceptors (Lipinski definition) is 9. The average Bonchev–Trinajstić information content (AvgIpc) is 3.35. The van der Waals surface area contributed by atoms with Crippen molar-refractivity contribution in [1.29, 1.82) is 0 Å². The Morgan fingerprint density at radius 1 is 0.975 bits per heavy atom. The van der Waals surface area contributed by atoms with E-state index in [-0.39, 0.29) is 12.3 Å². The first-order valence-electron chi connectivity index (χ1n) is 13.1. The summed E-state index contributed by atoms with van der Waals surface area (Å²) in [6.45, 7) is 2.58. The highest BCUT2D eigenvalue weighted by Gasteiger charge is 2.45. The molecular weight excluding hydrogens is 520 g/mol. The van der Waals surface area contributed by atoms with Crippen LogP contribution < -0.4 is 15.8 Å². The summed E-state index contributed by atoms with van der Waals surface area (Å²) in [5.41, 5.74) is 7.71. The van der Waals surface area contributed by atoms with E-state index in [2.05, 4.69) is 5.32 Å². The molecule has 7 N–H and O–H groups in total. The lowest BCUT2D eigenvalue weighted by Gasteiger charge is -2.39. The molecule has 40 heavy (non-hydrogen) atoms. The molecule has 2 aromatic carbocycles. The van der Waals surface area contributed by atoms with Gasteiger partial charge in [-0.1, -0.05) is 30.3 Å². The molecule has 0 aliphatic carbocycles. The highest BCUT2D eigenvalue weighted by atomic mass is 16.7. The van der Waals surface area contributed by atoms with Gasteiger partial charge in [0.05, 0.1) is 18.3 Å². The molecule has 216 valence electrons. The second-order valence-electron chi connectivity index (χ2n) is 10.6. The van der Waals surface area contributed by atoms with Crippen LogP contribution in [-0.4, -0.2) is 75.1 Å². The minimum absolute atomic E-state index is 0.230. The summed E-state index contributed by atoms with van der Waals surface area (Å²) in [7, 11) is 0. The Balaban J connectivity index is 1.39. The van der Waals surface area contributed by atoms with Gasteiger partial charge in [-0.25, -0.2) is 0 Å². The van der Waals surface area contributed by atoms with Gasteiger partial charge in [-0.2, -0.15) is 0 Å². The van der Waals surface area contributed by atoms with Crippen LogP contribution >= 0.6 is 0 Å². The molecule has 0 bridgehead atoms. The third kappa shape index (κ3) is 6.62. The number of rotatable bonds is 11. The Morgan fingerprint density at radius 2 is 1.65 bits per heavy atom. The van der Waals surface area contributed by atoms with E-state index in [1.165, 1.54) is 0 Å². The van der Waals surface area contributed by atoms with E-state index in [9.17, 15) is 30.0 Å². The van der Waals surface area contributed by atoms with Gasteiger partial charge in [0.25, 0.3) is 0 Å². The third-order valence-electron chi connectivity index (χ3n) is 7.14. The first-order valence-corrected chi connectivity index (χ1v) is 13.1. The molecule has 1 aromatic heterocycles. The zero-order valence-corrected chi connectivity index (χ0v) is 22.4. The van der Waals surface area contributed by atoms with E-state index in [0.29, 0.717) is 36.0 Å². The van der Waals surface area contributed by atoms with E-state index in [0.717, 1.165) is 16.7 Å². The topological polar surface area (TPSA) is 185 Å². The molecule has 0 saturated carbocycles. The summed E-state index contributed by atoms with van der Waals surface area (Å²) in [6.07, 6.45) is -3.22. The van der Waals surface area contributed by atoms with Gasteiger partial charge in [0.2, 0.25) is 18.1 Å². The third-order valence-corrected chi connectivity index (χ3v) is 7.14. The highest BCUT2D eigenvalue weighted by molar-refractivity contribution is 5.89. The quantitative estimate of drug-likeness (QED) is 0.198. The summed E-state index contributed by atoms with van der Waals surface area (Å²) < 4.78 is 17.1. The number of aliphatic hydroxyl groups is 4. The lowest BCUT2D eigenvalue weighted by molar-refractivity contribution is -0.277. The molecule has 1 aliphatic rings. The van der Waals surface area contributed by atoms with E-state index in [1.807, 2.05) is 24.3 Å². The molecule has 11 heteroatoms. The molecule has 0 radical (unpaired) electrons. The molecule has 4 rings (SSSR count). The van der Waals surface area contributed by atoms with Crippen molar-refractivity contribution in [2.24, 2.45) is 5.73 Å². The first-order chi connectivity index (χ1) is 19.0. The molecule has 0 unspecified atom stereocenters. The number of aryl methyl sites for hydroxylation is 3. The molecule has 3 aromatic rings. The van der Waals surface area contributed by atoms with Gasteiger partial charge in [-0.3, -0.25) is 9.59 Å². The number of carbonyl (C=O) groups is 2. The number of hydrogen-bond donors (Lipinski definition) is 6. The van der Waals surface area contributed by atoms with Crippen LogP contribution in [0.15, 0.2) is 53.1 Å². The molecule has 1 fully saturated rings. The van der Waals surface area contributed by atoms with Gasteiger partial charge in [0.15, 0.2) is 0 Å². The smallest absolute Gasteiger partial charge is 0.242 e. The van der Waals surface area contributed by atoms with Gasteiger partial charge in [-0.05, 0) is 56.4 Å². The van der Waals surface area contributed by atoms with Gasteiger partial charge in [0.1, 0.15) is 41.3 Å². The fourth-order valence-corrected chi connectivity index (χ4v) is 4.57.